The van der Waals surface area contributed by atoms with Crippen LogP contribution in [0.1, 0.15) is 27.7 Å². The van der Waals surface area contributed by atoms with Gasteiger partial charge in [0.2, 0.25) is 0 Å². The van der Waals surface area contributed by atoms with E-state index >= 15 is 0 Å². The third kappa shape index (κ3) is 8.15. The van der Waals surface area contributed by atoms with Crippen molar-refractivity contribution in [3.8, 4) is 0 Å². The number of amidine groups is 1. The molecule has 0 N–H and O–H groups in total. The smallest absolute Gasteiger partial charge is 0.172 e. The Kier molecular flexibility index (Phi) is 13.7. The lowest BCUT2D eigenvalue weighted by atomic mass is 10.4. The number of hydrogen-bond acceptors (Lipinski definition) is 7. The molecule has 1 heterocycles. The molecule has 5 nitrogen and oxygen atoms in total. The predicted octanol–water partition coefficient (Wildman–Crippen LogP) is 2.99. The molecule has 1 atom stereocenters. The molecular weight excluding hydrogens is 362 g/mol. The summed E-state index contributed by atoms with van der Waals surface area (Å²) in [7, 11) is 7.83. The van der Waals surface area contributed by atoms with Crippen molar-refractivity contribution in [2.45, 2.75) is 33.2 Å². The maximum atomic E-state index is 4.90. The van der Waals surface area contributed by atoms with Gasteiger partial charge in [0.25, 0.3) is 0 Å². The van der Waals surface area contributed by atoms with E-state index in [-0.39, 0.29) is 17.9 Å². The topological polar surface area (TPSA) is 25.3 Å². The molecule has 0 bridgehead atoms. The first-order valence-corrected chi connectivity index (χ1v) is 11.0. The van der Waals surface area contributed by atoms with Crippen molar-refractivity contribution in [1.29, 1.82) is 0 Å². The Morgan fingerprint density at radius 1 is 0.833 bits per heavy atom. The average molecular weight is 398 g/mol. The van der Waals surface area contributed by atoms with Crippen molar-refractivity contribution in [2.24, 2.45) is 4.99 Å². The SMILES string of the molecule is CCN(CC)CCN(CCN(CC)CC)C1N=C(N(C)C)SS1.Cl. The quantitative estimate of drug-likeness (QED) is 0.497. The molecule has 1 unspecified atom stereocenters. The Hall–Kier alpha value is 0.340. The van der Waals surface area contributed by atoms with Gasteiger partial charge in [0, 0.05) is 40.3 Å². The van der Waals surface area contributed by atoms with Crippen molar-refractivity contribution in [3.63, 3.8) is 0 Å². The highest BCUT2D eigenvalue weighted by Crippen LogP contribution is 2.38. The summed E-state index contributed by atoms with van der Waals surface area (Å²) in [6, 6.07) is 0. The molecular formula is C16H36ClN5S2. The average Bonchev–Trinajstić information content (AvgIpc) is 3.04. The zero-order valence-corrected chi connectivity index (χ0v) is 18.6. The second kappa shape index (κ2) is 13.5. The molecule has 0 fully saturated rings. The second-order valence-corrected chi connectivity index (χ2v) is 8.12. The molecule has 1 rings (SSSR count). The van der Waals surface area contributed by atoms with Crippen LogP contribution in [0, 0.1) is 0 Å². The zero-order chi connectivity index (χ0) is 17.2. The van der Waals surface area contributed by atoms with Crippen LogP contribution in [0.3, 0.4) is 0 Å². The van der Waals surface area contributed by atoms with E-state index in [2.05, 4.69) is 61.4 Å². The monoisotopic (exact) mass is 397 g/mol. The first-order chi connectivity index (χ1) is 11.0. The maximum Gasteiger partial charge on any atom is 0.172 e. The van der Waals surface area contributed by atoms with Crippen molar-refractivity contribution < 1.29 is 0 Å². The van der Waals surface area contributed by atoms with Gasteiger partial charge >= 0.3 is 0 Å². The molecule has 1 aliphatic rings. The molecule has 0 saturated heterocycles. The lowest BCUT2D eigenvalue weighted by Gasteiger charge is -2.30. The van der Waals surface area contributed by atoms with E-state index in [1.54, 1.807) is 10.8 Å². The van der Waals surface area contributed by atoms with Crippen LogP contribution in [0.25, 0.3) is 0 Å². The van der Waals surface area contributed by atoms with Gasteiger partial charge in [-0.15, -0.1) is 12.4 Å². The first-order valence-electron chi connectivity index (χ1n) is 8.82. The summed E-state index contributed by atoms with van der Waals surface area (Å²) in [5, 5.41) is 1.13. The Balaban J connectivity index is 0.00000529. The van der Waals surface area contributed by atoms with Gasteiger partial charge < -0.3 is 14.7 Å². The molecule has 0 aliphatic carbocycles. The molecule has 144 valence electrons. The summed E-state index contributed by atoms with van der Waals surface area (Å²) in [6.45, 7) is 17.9. The van der Waals surface area contributed by atoms with Gasteiger partial charge in [-0.3, -0.25) is 4.90 Å². The molecule has 0 aromatic rings. The Morgan fingerprint density at radius 2 is 1.29 bits per heavy atom. The normalized spacial score (nSPS) is 17.5. The van der Waals surface area contributed by atoms with Crippen molar-refractivity contribution >= 4 is 39.2 Å². The Bertz CT molecular complexity index is 333. The standard InChI is InChI=1S/C16H35N5S2.ClH/c1-7-19(8-2)11-13-21(14-12-20(9-3)10-4)16-17-15(18(5)6)22-23-16;/h16H,7-14H2,1-6H3;1H. The molecule has 0 amide bonds. The lowest BCUT2D eigenvalue weighted by molar-refractivity contribution is 0.179. The molecule has 0 aromatic heterocycles. The molecule has 0 radical (unpaired) electrons. The van der Waals surface area contributed by atoms with E-state index in [9.17, 15) is 0 Å². The third-order valence-corrected chi connectivity index (χ3v) is 6.86. The summed E-state index contributed by atoms with van der Waals surface area (Å²) in [6.07, 6.45) is 0. The van der Waals surface area contributed by atoms with Gasteiger partial charge in [0.1, 0.15) is 0 Å². The molecule has 8 heteroatoms. The van der Waals surface area contributed by atoms with Gasteiger partial charge in [-0.05, 0) is 47.8 Å². The minimum absolute atomic E-state index is 0. The largest absolute Gasteiger partial charge is 0.357 e. The maximum absolute atomic E-state index is 4.90. The van der Waals surface area contributed by atoms with E-state index < -0.39 is 0 Å². The summed E-state index contributed by atoms with van der Waals surface area (Å²) in [5.41, 5.74) is 0.253. The van der Waals surface area contributed by atoms with Crippen LogP contribution >= 0.6 is 34.0 Å². The van der Waals surface area contributed by atoms with Crippen molar-refractivity contribution in [3.05, 3.63) is 0 Å². The number of hydrogen-bond donors (Lipinski definition) is 0. The number of halogens is 1. The van der Waals surface area contributed by atoms with E-state index in [1.807, 2.05) is 10.8 Å². The van der Waals surface area contributed by atoms with Crippen LogP contribution in [0.15, 0.2) is 4.99 Å². The van der Waals surface area contributed by atoms with Gasteiger partial charge in [-0.2, -0.15) is 0 Å². The fourth-order valence-electron chi connectivity index (χ4n) is 2.51. The second-order valence-electron chi connectivity index (χ2n) is 5.90. The summed E-state index contributed by atoms with van der Waals surface area (Å²) in [4.78, 5) is 14.6. The van der Waals surface area contributed by atoms with Crippen LogP contribution in [0.4, 0.5) is 0 Å². The third-order valence-electron chi connectivity index (χ3n) is 4.32. The first kappa shape index (κ1) is 24.3. The van der Waals surface area contributed by atoms with Gasteiger partial charge in [-0.25, -0.2) is 4.99 Å². The summed E-state index contributed by atoms with van der Waals surface area (Å²) < 4.78 is 0. The van der Waals surface area contributed by atoms with Gasteiger partial charge in [0.05, 0.1) is 0 Å². The lowest BCUT2D eigenvalue weighted by Crippen LogP contribution is -2.42. The van der Waals surface area contributed by atoms with Crippen LogP contribution in [0.2, 0.25) is 0 Å². The van der Waals surface area contributed by atoms with E-state index in [1.165, 1.54) is 0 Å². The Labute approximate surface area is 163 Å². The Morgan fingerprint density at radius 3 is 1.62 bits per heavy atom. The highest BCUT2D eigenvalue weighted by molar-refractivity contribution is 8.82. The van der Waals surface area contributed by atoms with Crippen LogP contribution in [-0.2, 0) is 0 Å². The summed E-state index contributed by atoms with van der Waals surface area (Å²) >= 11 is 0. The van der Waals surface area contributed by atoms with Crippen LogP contribution in [-0.4, -0.2) is 96.7 Å². The van der Waals surface area contributed by atoms with Crippen LogP contribution < -0.4 is 0 Å². The highest BCUT2D eigenvalue weighted by Gasteiger charge is 2.26. The van der Waals surface area contributed by atoms with Crippen molar-refractivity contribution in [2.75, 3.05) is 66.5 Å². The van der Waals surface area contributed by atoms with Gasteiger partial charge in [0.15, 0.2) is 10.7 Å². The minimum Gasteiger partial charge on any atom is -0.357 e. The number of likely N-dealkylation sites (N-methyl/N-ethyl adjacent to an activating group) is 2. The molecule has 1 aliphatic heterocycles. The molecule has 0 aromatic carbocycles. The minimum atomic E-state index is 0. The fraction of sp³-hybridized carbons (Fsp3) is 0.938. The number of aliphatic imine (C=N–C) groups is 1. The summed E-state index contributed by atoms with van der Waals surface area (Å²) in [5.74, 6) is 0. The number of rotatable bonds is 11. The van der Waals surface area contributed by atoms with E-state index in [0.29, 0.717) is 0 Å². The van der Waals surface area contributed by atoms with Crippen molar-refractivity contribution in [1.82, 2.24) is 19.6 Å². The molecule has 0 spiro atoms. The zero-order valence-electron chi connectivity index (χ0n) is 16.2. The molecule has 0 saturated carbocycles. The molecule has 24 heavy (non-hydrogen) atoms. The fourth-order valence-corrected chi connectivity index (χ4v) is 5.10. The van der Waals surface area contributed by atoms with Gasteiger partial charge in [-0.1, -0.05) is 27.7 Å². The number of nitrogens with zero attached hydrogens (tertiary/aromatic N) is 5. The predicted molar refractivity (Wildman–Crippen MR) is 114 cm³/mol. The van der Waals surface area contributed by atoms with E-state index in [0.717, 1.165) is 57.5 Å². The van der Waals surface area contributed by atoms with Crippen LogP contribution in [0.5, 0.6) is 0 Å². The van der Waals surface area contributed by atoms with E-state index in [4.69, 9.17) is 4.99 Å². The highest BCUT2D eigenvalue weighted by atomic mass is 35.5.